The molecule has 1 aromatic carbocycles. The second kappa shape index (κ2) is 5.14. The maximum Gasteiger partial charge on any atom is 0.122 e. The van der Waals surface area contributed by atoms with Gasteiger partial charge in [-0.15, -0.1) is 0 Å². The quantitative estimate of drug-likeness (QED) is 0.771. The van der Waals surface area contributed by atoms with E-state index in [0.29, 0.717) is 12.8 Å². The summed E-state index contributed by atoms with van der Waals surface area (Å²) in [5, 5.41) is 18.6. The lowest BCUT2D eigenvalue weighted by Crippen LogP contribution is -2.29. The Morgan fingerprint density at radius 2 is 2.00 bits per heavy atom. The fourth-order valence-corrected chi connectivity index (χ4v) is 1.39. The molecule has 1 unspecified atom stereocenters. The molecule has 0 spiro atoms. The van der Waals surface area contributed by atoms with Gasteiger partial charge < -0.3 is 14.9 Å². The summed E-state index contributed by atoms with van der Waals surface area (Å²) in [6, 6.07) is 7.70. The average molecular weight is 210 g/mol. The first-order chi connectivity index (χ1) is 7.09. The molecule has 0 fully saturated rings. The molecule has 0 aliphatic rings. The number of rotatable bonds is 5. The molecule has 0 aromatic heterocycles. The Morgan fingerprint density at radius 1 is 1.33 bits per heavy atom. The van der Waals surface area contributed by atoms with E-state index >= 15 is 0 Å². The fraction of sp³-hybridized carbons (Fsp3) is 0.500. The average Bonchev–Trinajstić information content (AvgIpc) is 2.27. The van der Waals surface area contributed by atoms with Crippen LogP contribution in [0.4, 0.5) is 0 Å². The molecule has 1 atom stereocenters. The highest BCUT2D eigenvalue weighted by Crippen LogP contribution is 2.21. The van der Waals surface area contributed by atoms with E-state index in [9.17, 15) is 5.11 Å². The predicted octanol–water partition coefficient (Wildman–Crippen LogP) is 1.37. The summed E-state index contributed by atoms with van der Waals surface area (Å²) in [6.07, 6.45) is 1.21. The van der Waals surface area contributed by atoms with Crippen LogP contribution in [-0.4, -0.2) is 29.5 Å². The van der Waals surface area contributed by atoms with Gasteiger partial charge in [0, 0.05) is 0 Å². The number of aliphatic hydroxyl groups excluding tert-OH is 1. The van der Waals surface area contributed by atoms with Crippen molar-refractivity contribution >= 4 is 0 Å². The second-order valence-corrected chi connectivity index (χ2v) is 3.97. The molecule has 84 valence electrons. The van der Waals surface area contributed by atoms with Gasteiger partial charge in [0.25, 0.3) is 0 Å². The van der Waals surface area contributed by atoms with E-state index in [1.807, 2.05) is 24.3 Å². The molecule has 0 saturated carbocycles. The maximum absolute atomic E-state index is 9.66. The predicted molar refractivity (Wildman–Crippen MR) is 59.0 cm³/mol. The molecule has 0 radical (unpaired) electrons. The van der Waals surface area contributed by atoms with Gasteiger partial charge >= 0.3 is 0 Å². The number of hydrogen-bond donors (Lipinski definition) is 2. The number of benzene rings is 1. The molecule has 0 aliphatic carbocycles. The van der Waals surface area contributed by atoms with E-state index in [-0.39, 0.29) is 6.61 Å². The zero-order chi connectivity index (χ0) is 11.3. The van der Waals surface area contributed by atoms with Crippen molar-refractivity contribution in [3.8, 4) is 5.75 Å². The lowest BCUT2D eigenvalue weighted by molar-refractivity contribution is -0.00482. The minimum absolute atomic E-state index is 0.220. The SMILES string of the molecule is COc1ccccc1CCC(C)(O)CO. The number of ether oxygens (including phenoxy) is 1. The standard InChI is InChI=1S/C12H18O3/c1-12(14,9-13)8-7-10-5-3-4-6-11(10)15-2/h3-6,13-14H,7-9H2,1-2H3. The Balaban J connectivity index is 2.65. The molecule has 1 rings (SSSR count). The van der Waals surface area contributed by atoms with Crippen molar-refractivity contribution in [2.24, 2.45) is 0 Å². The van der Waals surface area contributed by atoms with Crippen LogP contribution in [0.15, 0.2) is 24.3 Å². The van der Waals surface area contributed by atoms with E-state index in [0.717, 1.165) is 11.3 Å². The smallest absolute Gasteiger partial charge is 0.122 e. The summed E-state index contributed by atoms with van der Waals surface area (Å²) in [7, 11) is 1.63. The van der Waals surface area contributed by atoms with Crippen LogP contribution < -0.4 is 4.74 Å². The van der Waals surface area contributed by atoms with Crippen LogP contribution in [0.1, 0.15) is 18.9 Å². The van der Waals surface area contributed by atoms with E-state index in [2.05, 4.69) is 0 Å². The Bertz CT molecular complexity index is 307. The van der Waals surface area contributed by atoms with Crippen LogP contribution in [0.5, 0.6) is 5.75 Å². The highest BCUT2D eigenvalue weighted by Gasteiger charge is 2.19. The van der Waals surface area contributed by atoms with Gasteiger partial charge in [-0.2, -0.15) is 0 Å². The summed E-state index contributed by atoms with van der Waals surface area (Å²) in [4.78, 5) is 0. The molecule has 0 aliphatic heterocycles. The number of aliphatic hydroxyl groups is 2. The summed E-state index contributed by atoms with van der Waals surface area (Å²) >= 11 is 0. The van der Waals surface area contributed by atoms with Gasteiger partial charge in [-0.25, -0.2) is 0 Å². The minimum atomic E-state index is -1.01. The van der Waals surface area contributed by atoms with Crippen molar-refractivity contribution in [2.45, 2.75) is 25.4 Å². The normalized spacial score (nSPS) is 14.7. The molecule has 1 aromatic rings. The van der Waals surface area contributed by atoms with Crippen molar-refractivity contribution in [2.75, 3.05) is 13.7 Å². The third-order valence-corrected chi connectivity index (χ3v) is 2.47. The highest BCUT2D eigenvalue weighted by atomic mass is 16.5. The van der Waals surface area contributed by atoms with Crippen LogP contribution in [0.25, 0.3) is 0 Å². The lowest BCUT2D eigenvalue weighted by atomic mass is 9.97. The molecule has 3 nitrogen and oxygen atoms in total. The first-order valence-corrected chi connectivity index (χ1v) is 5.04. The first kappa shape index (κ1) is 12.0. The van der Waals surface area contributed by atoms with Crippen LogP contribution in [0.2, 0.25) is 0 Å². The topological polar surface area (TPSA) is 49.7 Å². The third-order valence-electron chi connectivity index (χ3n) is 2.47. The Labute approximate surface area is 90.3 Å². The second-order valence-electron chi connectivity index (χ2n) is 3.97. The molecule has 0 heterocycles. The lowest BCUT2D eigenvalue weighted by Gasteiger charge is -2.20. The van der Waals surface area contributed by atoms with Crippen molar-refractivity contribution < 1.29 is 14.9 Å². The molecular weight excluding hydrogens is 192 g/mol. The molecule has 0 bridgehead atoms. The van der Waals surface area contributed by atoms with Crippen LogP contribution in [0.3, 0.4) is 0 Å². The molecule has 15 heavy (non-hydrogen) atoms. The van der Waals surface area contributed by atoms with E-state index in [1.54, 1.807) is 14.0 Å². The van der Waals surface area contributed by atoms with Crippen LogP contribution in [0, 0.1) is 0 Å². The van der Waals surface area contributed by atoms with Crippen molar-refractivity contribution in [3.05, 3.63) is 29.8 Å². The highest BCUT2D eigenvalue weighted by molar-refractivity contribution is 5.33. The zero-order valence-corrected chi connectivity index (χ0v) is 9.23. The summed E-state index contributed by atoms with van der Waals surface area (Å²) in [6.45, 7) is 1.41. The largest absolute Gasteiger partial charge is 0.496 e. The number of para-hydroxylation sites is 1. The summed E-state index contributed by atoms with van der Waals surface area (Å²) < 4.78 is 5.20. The van der Waals surface area contributed by atoms with Gasteiger partial charge in [-0.05, 0) is 31.4 Å². The Morgan fingerprint density at radius 3 is 2.60 bits per heavy atom. The maximum atomic E-state index is 9.66. The fourth-order valence-electron chi connectivity index (χ4n) is 1.39. The molecular formula is C12H18O3. The van der Waals surface area contributed by atoms with Gasteiger partial charge in [0.1, 0.15) is 5.75 Å². The van der Waals surface area contributed by atoms with Gasteiger partial charge in [0.2, 0.25) is 0 Å². The Hall–Kier alpha value is -1.06. The van der Waals surface area contributed by atoms with E-state index in [1.165, 1.54) is 0 Å². The van der Waals surface area contributed by atoms with Gasteiger partial charge in [-0.1, -0.05) is 18.2 Å². The van der Waals surface area contributed by atoms with Crippen molar-refractivity contribution in [1.29, 1.82) is 0 Å². The molecule has 0 saturated heterocycles. The number of methoxy groups -OCH3 is 1. The summed E-state index contributed by atoms with van der Waals surface area (Å²) in [5.41, 5.74) is 0.0367. The molecule has 3 heteroatoms. The zero-order valence-electron chi connectivity index (χ0n) is 9.23. The monoisotopic (exact) mass is 210 g/mol. The minimum Gasteiger partial charge on any atom is -0.496 e. The van der Waals surface area contributed by atoms with Gasteiger partial charge in [-0.3, -0.25) is 0 Å². The van der Waals surface area contributed by atoms with Crippen LogP contribution >= 0.6 is 0 Å². The van der Waals surface area contributed by atoms with Crippen molar-refractivity contribution in [3.63, 3.8) is 0 Å². The third kappa shape index (κ3) is 3.53. The summed E-state index contributed by atoms with van der Waals surface area (Å²) in [5.74, 6) is 0.825. The van der Waals surface area contributed by atoms with Gasteiger partial charge in [0.15, 0.2) is 0 Å². The van der Waals surface area contributed by atoms with Crippen LogP contribution in [-0.2, 0) is 6.42 Å². The number of hydrogen-bond acceptors (Lipinski definition) is 3. The van der Waals surface area contributed by atoms with Crippen molar-refractivity contribution in [1.82, 2.24) is 0 Å². The van der Waals surface area contributed by atoms with Gasteiger partial charge in [0.05, 0.1) is 19.3 Å². The van der Waals surface area contributed by atoms with E-state index < -0.39 is 5.60 Å². The Kier molecular flexibility index (Phi) is 4.12. The molecule has 0 amide bonds. The first-order valence-electron chi connectivity index (χ1n) is 5.04. The molecule has 2 N–H and O–H groups in total. The van der Waals surface area contributed by atoms with E-state index in [4.69, 9.17) is 9.84 Å². The number of aryl methyl sites for hydroxylation is 1.